The summed E-state index contributed by atoms with van der Waals surface area (Å²) in [5, 5.41) is 16.6. The van der Waals surface area contributed by atoms with E-state index in [0.717, 1.165) is 0 Å². The molecule has 0 aliphatic carbocycles. The summed E-state index contributed by atoms with van der Waals surface area (Å²) >= 11 is 3.90. The predicted octanol–water partition coefficient (Wildman–Crippen LogP) is 1.95. The second-order valence-electron chi connectivity index (χ2n) is 0.919. The fourth-order valence-corrected chi connectivity index (χ4v) is 1.35. The minimum absolute atomic E-state index is 1.30. The van der Waals surface area contributed by atoms with Crippen LogP contribution in [0.4, 0.5) is 0 Å². The van der Waals surface area contributed by atoms with Crippen molar-refractivity contribution in [3.63, 3.8) is 0 Å². The van der Waals surface area contributed by atoms with Crippen LogP contribution in [0.15, 0.2) is 0 Å². The van der Waals surface area contributed by atoms with E-state index >= 15 is 0 Å². The van der Waals surface area contributed by atoms with E-state index in [0.29, 0.717) is 0 Å². The number of rotatable bonds is 0. The zero-order valence-electron chi connectivity index (χ0n) is 4.22. The zero-order chi connectivity index (χ0) is 6.36. The van der Waals surface area contributed by atoms with Crippen molar-refractivity contribution < 1.29 is 0 Å². The van der Waals surface area contributed by atoms with Crippen LogP contribution >= 0.6 is 35.3 Å². The van der Waals surface area contributed by atoms with Gasteiger partial charge in [-0.3, -0.25) is 0 Å². The quantitative estimate of drug-likeness (QED) is 0.507. The lowest BCUT2D eigenvalue weighted by Crippen LogP contribution is -1.41. The van der Waals surface area contributed by atoms with Crippen molar-refractivity contribution in [3.05, 3.63) is 0 Å². The van der Waals surface area contributed by atoms with Gasteiger partial charge in [0.05, 0.1) is 0 Å². The Morgan fingerprint density at radius 1 is 0.444 bits per heavy atom. The molecule has 0 bridgehead atoms. The molecule has 9 heavy (non-hydrogen) atoms. The van der Waals surface area contributed by atoms with Gasteiger partial charge in [-0.05, 0) is 31.5 Å². The van der Waals surface area contributed by atoms with Crippen molar-refractivity contribution in [2.75, 3.05) is 0 Å². The summed E-state index contributed by atoms with van der Waals surface area (Å²) in [5.41, 5.74) is 0. The van der Waals surface area contributed by atoms with E-state index in [4.69, 9.17) is 0 Å². The van der Waals surface area contributed by atoms with Gasteiger partial charge in [-0.25, -0.2) is 0 Å². The Kier molecular flexibility index (Phi) is 3.49. The van der Waals surface area contributed by atoms with E-state index in [1.165, 1.54) is 35.3 Å². The highest BCUT2D eigenvalue weighted by molar-refractivity contribution is 8.14. The Labute approximate surface area is 66.9 Å². The van der Waals surface area contributed by atoms with E-state index in [1.807, 2.05) is 0 Å². The predicted molar refractivity (Wildman–Crippen MR) is 46.1 cm³/mol. The first kappa shape index (κ1) is 6.84. The summed E-state index contributed by atoms with van der Waals surface area (Å²) in [5.74, 6) is 0. The van der Waals surface area contributed by atoms with Crippen LogP contribution in [0.5, 0.6) is 0 Å². The lowest BCUT2D eigenvalue weighted by Gasteiger charge is -1.64. The van der Waals surface area contributed by atoms with Crippen LogP contribution in [-0.4, -0.2) is 0 Å². The Balaban J connectivity index is 2.60. The standard InChI is InChI=1S/C6S3/c1-2-8-5-6-9-4-3-7-1. The summed E-state index contributed by atoms with van der Waals surface area (Å²) in [7, 11) is 0. The second kappa shape index (κ2) is 4.59. The maximum Gasteiger partial charge on any atom is 0.0153 e. The third-order valence-corrected chi connectivity index (χ3v) is 2.04. The first-order valence-corrected chi connectivity index (χ1v) is 4.42. The van der Waals surface area contributed by atoms with Crippen LogP contribution in [0.2, 0.25) is 0 Å². The van der Waals surface area contributed by atoms with Gasteiger partial charge in [-0.15, -0.1) is 0 Å². The molecule has 0 aromatic carbocycles. The Hall–Kier alpha value is -0.270. The fourth-order valence-electron chi connectivity index (χ4n) is 0.202. The summed E-state index contributed by atoms with van der Waals surface area (Å²) < 4.78 is 0. The van der Waals surface area contributed by atoms with Crippen LogP contribution in [0.25, 0.3) is 0 Å². The SMILES string of the molecule is C1#CSC#CSC#CS1. The molecule has 1 rings (SSSR count). The maximum atomic E-state index is 2.77. The van der Waals surface area contributed by atoms with Crippen molar-refractivity contribution in [1.82, 2.24) is 0 Å². The second-order valence-corrected chi connectivity index (χ2v) is 2.76. The maximum absolute atomic E-state index is 2.77. The average molecular weight is 168 g/mol. The molecule has 0 aromatic rings. The van der Waals surface area contributed by atoms with E-state index in [1.54, 1.807) is 0 Å². The molecule has 42 valence electrons. The third-order valence-electron chi connectivity index (χ3n) is 0.431. The highest BCUT2D eigenvalue weighted by atomic mass is 32.2. The molecule has 0 nitrogen and oxygen atoms in total. The largest absolute Gasteiger partial charge is 0.0153 e. The molecule has 0 saturated carbocycles. The van der Waals surface area contributed by atoms with Crippen LogP contribution in [-0.2, 0) is 0 Å². The van der Waals surface area contributed by atoms with Gasteiger partial charge < -0.3 is 0 Å². The lowest BCUT2D eigenvalue weighted by atomic mass is 11.4. The monoisotopic (exact) mass is 168 g/mol. The van der Waals surface area contributed by atoms with E-state index in [2.05, 4.69) is 31.5 Å². The van der Waals surface area contributed by atoms with Gasteiger partial charge >= 0.3 is 0 Å². The highest BCUT2D eigenvalue weighted by Gasteiger charge is 1.74. The van der Waals surface area contributed by atoms with Crippen molar-refractivity contribution in [2.24, 2.45) is 0 Å². The van der Waals surface area contributed by atoms with Gasteiger partial charge in [0.2, 0.25) is 0 Å². The van der Waals surface area contributed by atoms with Gasteiger partial charge in [0.25, 0.3) is 0 Å². The normalized spacial score (nSPS) is 13.3. The summed E-state index contributed by atoms with van der Waals surface area (Å²) in [6.07, 6.45) is 0. The molecule has 0 spiro atoms. The summed E-state index contributed by atoms with van der Waals surface area (Å²) in [6.45, 7) is 0. The topological polar surface area (TPSA) is 0 Å². The Bertz CT molecular complexity index is 194. The van der Waals surface area contributed by atoms with Gasteiger partial charge in [0.15, 0.2) is 0 Å². The van der Waals surface area contributed by atoms with E-state index in [9.17, 15) is 0 Å². The summed E-state index contributed by atoms with van der Waals surface area (Å²) in [6, 6.07) is 0. The Morgan fingerprint density at radius 3 is 0.889 bits per heavy atom. The first-order chi connectivity index (χ1) is 4.50. The molecular formula is C6S3. The van der Waals surface area contributed by atoms with Crippen LogP contribution in [0.3, 0.4) is 0 Å². The molecular weight excluding hydrogens is 168 g/mol. The number of hydrogen-bond donors (Lipinski definition) is 0. The molecule has 0 atom stereocenters. The molecule has 0 fully saturated rings. The molecule has 0 aromatic heterocycles. The van der Waals surface area contributed by atoms with Crippen molar-refractivity contribution >= 4 is 35.3 Å². The molecule has 0 radical (unpaired) electrons. The molecule has 3 heteroatoms. The van der Waals surface area contributed by atoms with E-state index in [-0.39, 0.29) is 0 Å². The van der Waals surface area contributed by atoms with Crippen molar-refractivity contribution in [3.8, 4) is 31.5 Å². The van der Waals surface area contributed by atoms with Gasteiger partial charge in [-0.2, -0.15) is 0 Å². The fraction of sp³-hybridized carbons (Fsp3) is 0. The minimum Gasteiger partial charge on any atom is -0.00764 e. The Morgan fingerprint density at radius 2 is 0.667 bits per heavy atom. The van der Waals surface area contributed by atoms with Crippen LogP contribution in [0, 0.1) is 31.5 Å². The lowest BCUT2D eigenvalue weighted by molar-refractivity contribution is 2.96. The van der Waals surface area contributed by atoms with E-state index < -0.39 is 0 Å². The molecule has 1 heterocycles. The smallest absolute Gasteiger partial charge is 0.00764 e. The number of hydrogen-bond acceptors (Lipinski definition) is 3. The minimum atomic E-state index is 1.30. The summed E-state index contributed by atoms with van der Waals surface area (Å²) in [4.78, 5) is 0. The van der Waals surface area contributed by atoms with Crippen LogP contribution in [0.1, 0.15) is 0 Å². The molecule has 0 amide bonds. The van der Waals surface area contributed by atoms with Crippen molar-refractivity contribution in [2.45, 2.75) is 0 Å². The number of thioether (sulfide) groups is 3. The van der Waals surface area contributed by atoms with Crippen LogP contribution < -0.4 is 0 Å². The van der Waals surface area contributed by atoms with Gasteiger partial charge in [0, 0.05) is 35.3 Å². The molecule has 1 aliphatic heterocycles. The molecule has 0 saturated heterocycles. The molecule has 1 aliphatic rings. The van der Waals surface area contributed by atoms with Gasteiger partial charge in [0.1, 0.15) is 0 Å². The average Bonchev–Trinajstić information content (AvgIpc) is 2.00. The highest BCUT2D eigenvalue weighted by Crippen LogP contribution is 2.03. The van der Waals surface area contributed by atoms with Gasteiger partial charge in [-0.1, -0.05) is 0 Å². The molecule has 0 unspecified atom stereocenters. The van der Waals surface area contributed by atoms with Crippen molar-refractivity contribution in [1.29, 1.82) is 0 Å². The first-order valence-electron chi connectivity index (χ1n) is 1.97. The third kappa shape index (κ3) is 3.33. The molecule has 0 N–H and O–H groups in total. The zero-order valence-corrected chi connectivity index (χ0v) is 6.67.